The van der Waals surface area contributed by atoms with Crippen molar-refractivity contribution in [2.75, 3.05) is 11.9 Å². The predicted octanol–water partition coefficient (Wildman–Crippen LogP) is 1.74. The first-order valence-corrected chi connectivity index (χ1v) is 4.28. The summed E-state index contributed by atoms with van der Waals surface area (Å²) in [5, 5.41) is 10.8. The lowest BCUT2D eigenvalue weighted by Crippen LogP contribution is -2.13. The molecule has 0 fully saturated rings. The highest BCUT2D eigenvalue weighted by Gasteiger charge is 2.34. The Balaban J connectivity index is 2.74. The zero-order valence-electron chi connectivity index (χ0n) is 8.06. The highest BCUT2D eigenvalue weighted by Crippen LogP contribution is 2.39. The van der Waals surface area contributed by atoms with Gasteiger partial charge in [-0.1, -0.05) is 12.6 Å². The van der Waals surface area contributed by atoms with Crippen molar-refractivity contribution in [3.05, 3.63) is 46.2 Å². The second-order valence-electron chi connectivity index (χ2n) is 3.27. The first-order chi connectivity index (χ1) is 7.04. The van der Waals surface area contributed by atoms with Crippen LogP contribution in [0.25, 0.3) is 0 Å². The molecule has 0 N–H and O–H groups in total. The van der Waals surface area contributed by atoms with Gasteiger partial charge < -0.3 is 4.90 Å². The van der Waals surface area contributed by atoms with E-state index in [2.05, 4.69) is 6.58 Å². The predicted molar refractivity (Wildman–Crippen MR) is 55.0 cm³/mol. The standard InChI is InChI=1S/C10H8N2O3/c1-6-10(13)7-4-3-5-8(12(14)15)9(7)11(6)2/h3-5H,1H2,2H3. The minimum atomic E-state index is -0.499. The number of carbonyl (C=O) groups excluding carboxylic acids is 1. The molecule has 0 aromatic heterocycles. The highest BCUT2D eigenvalue weighted by atomic mass is 16.6. The van der Waals surface area contributed by atoms with Crippen molar-refractivity contribution in [1.29, 1.82) is 0 Å². The summed E-state index contributed by atoms with van der Waals surface area (Å²) >= 11 is 0. The number of nitro benzene ring substituents is 1. The molecular weight excluding hydrogens is 196 g/mol. The molecule has 0 saturated carbocycles. The van der Waals surface area contributed by atoms with E-state index in [9.17, 15) is 14.9 Å². The summed E-state index contributed by atoms with van der Waals surface area (Å²) in [5.41, 5.74) is 0.871. The third-order valence-corrected chi connectivity index (χ3v) is 2.46. The van der Waals surface area contributed by atoms with Crippen LogP contribution in [-0.4, -0.2) is 17.8 Å². The van der Waals surface area contributed by atoms with Gasteiger partial charge in [0, 0.05) is 13.1 Å². The molecule has 2 rings (SSSR count). The Morgan fingerprint density at radius 1 is 1.47 bits per heavy atom. The Morgan fingerprint density at radius 3 is 2.73 bits per heavy atom. The van der Waals surface area contributed by atoms with Crippen molar-refractivity contribution in [2.45, 2.75) is 0 Å². The molecule has 0 amide bonds. The van der Waals surface area contributed by atoms with Gasteiger partial charge in [0.05, 0.1) is 16.2 Å². The third-order valence-electron chi connectivity index (χ3n) is 2.46. The lowest BCUT2D eigenvalue weighted by atomic mass is 10.1. The maximum absolute atomic E-state index is 11.6. The molecule has 0 bridgehead atoms. The number of hydrogen-bond donors (Lipinski definition) is 0. The van der Waals surface area contributed by atoms with Gasteiger partial charge in [0.1, 0.15) is 5.69 Å². The summed E-state index contributed by atoms with van der Waals surface area (Å²) in [5.74, 6) is -0.254. The van der Waals surface area contributed by atoms with Crippen molar-refractivity contribution < 1.29 is 9.72 Å². The Kier molecular flexibility index (Phi) is 1.82. The molecule has 1 aliphatic heterocycles. The molecule has 1 aromatic carbocycles. The number of benzene rings is 1. The number of nitro groups is 1. The number of rotatable bonds is 1. The number of para-hydroxylation sites is 1. The number of hydrogen-bond acceptors (Lipinski definition) is 4. The topological polar surface area (TPSA) is 63.4 Å². The van der Waals surface area contributed by atoms with Gasteiger partial charge in [-0.15, -0.1) is 0 Å². The number of likely N-dealkylation sites (N-methyl/N-ethyl adjacent to an activating group) is 1. The van der Waals surface area contributed by atoms with E-state index in [1.165, 1.54) is 17.0 Å². The van der Waals surface area contributed by atoms with Crippen molar-refractivity contribution in [3.8, 4) is 0 Å². The number of ketones is 1. The van der Waals surface area contributed by atoms with Gasteiger partial charge in [-0.3, -0.25) is 14.9 Å². The first-order valence-electron chi connectivity index (χ1n) is 4.28. The molecule has 0 saturated heterocycles. The Labute approximate surface area is 85.8 Å². The fourth-order valence-electron chi connectivity index (χ4n) is 1.66. The summed E-state index contributed by atoms with van der Waals surface area (Å²) in [6, 6.07) is 4.45. The molecule has 1 aromatic rings. The van der Waals surface area contributed by atoms with Gasteiger partial charge in [0.25, 0.3) is 5.69 Å². The SMILES string of the molecule is C=C1C(=O)c2cccc([N+](=O)[O-])c2N1C. The monoisotopic (exact) mass is 204 g/mol. The second-order valence-corrected chi connectivity index (χ2v) is 3.27. The average Bonchev–Trinajstić information content (AvgIpc) is 2.44. The fourth-order valence-corrected chi connectivity index (χ4v) is 1.66. The molecule has 5 nitrogen and oxygen atoms in total. The molecule has 15 heavy (non-hydrogen) atoms. The third kappa shape index (κ3) is 1.13. The van der Waals surface area contributed by atoms with Crippen LogP contribution >= 0.6 is 0 Å². The van der Waals surface area contributed by atoms with Crippen LogP contribution in [0.4, 0.5) is 11.4 Å². The maximum atomic E-state index is 11.6. The van der Waals surface area contributed by atoms with Crippen LogP contribution in [0, 0.1) is 10.1 Å². The van der Waals surface area contributed by atoms with Gasteiger partial charge in [-0.05, 0) is 6.07 Å². The zero-order chi connectivity index (χ0) is 11.2. The Morgan fingerprint density at radius 2 is 2.13 bits per heavy atom. The van der Waals surface area contributed by atoms with Gasteiger partial charge in [0.15, 0.2) is 0 Å². The number of allylic oxidation sites excluding steroid dienone is 1. The van der Waals surface area contributed by atoms with Crippen LogP contribution in [0.5, 0.6) is 0 Å². The molecule has 5 heteroatoms. The number of Topliss-reactive ketones (excluding diaryl/α,β-unsaturated/α-hetero) is 1. The largest absolute Gasteiger partial charge is 0.336 e. The van der Waals surface area contributed by atoms with Crippen molar-refractivity contribution in [3.63, 3.8) is 0 Å². The van der Waals surface area contributed by atoms with Crippen LogP contribution in [0.3, 0.4) is 0 Å². The van der Waals surface area contributed by atoms with Crippen molar-refractivity contribution in [2.24, 2.45) is 0 Å². The summed E-state index contributed by atoms with van der Waals surface area (Å²) in [6.07, 6.45) is 0. The summed E-state index contributed by atoms with van der Waals surface area (Å²) in [6.45, 7) is 3.59. The minimum Gasteiger partial charge on any atom is -0.336 e. The first kappa shape index (κ1) is 9.39. The van der Waals surface area contributed by atoms with Crippen LogP contribution in [-0.2, 0) is 0 Å². The highest BCUT2D eigenvalue weighted by molar-refractivity contribution is 6.19. The zero-order valence-corrected chi connectivity index (χ0v) is 8.06. The molecule has 0 spiro atoms. The number of anilines is 1. The van der Waals surface area contributed by atoms with E-state index < -0.39 is 4.92 Å². The number of nitrogens with zero attached hydrogens (tertiary/aromatic N) is 2. The van der Waals surface area contributed by atoms with Crippen LogP contribution in [0.1, 0.15) is 10.4 Å². The number of fused-ring (bicyclic) bond motifs is 1. The second kappa shape index (κ2) is 2.91. The van der Waals surface area contributed by atoms with E-state index in [0.29, 0.717) is 11.3 Å². The molecule has 0 radical (unpaired) electrons. The molecule has 0 atom stereocenters. The lowest BCUT2D eigenvalue weighted by molar-refractivity contribution is -0.384. The van der Waals surface area contributed by atoms with E-state index >= 15 is 0 Å². The van der Waals surface area contributed by atoms with Crippen molar-refractivity contribution in [1.82, 2.24) is 0 Å². The van der Waals surface area contributed by atoms with E-state index in [4.69, 9.17) is 0 Å². The van der Waals surface area contributed by atoms with Gasteiger partial charge in [-0.2, -0.15) is 0 Å². The summed E-state index contributed by atoms with van der Waals surface area (Å²) in [4.78, 5) is 23.3. The van der Waals surface area contributed by atoms with E-state index in [-0.39, 0.29) is 17.2 Å². The molecule has 76 valence electrons. The minimum absolute atomic E-state index is 0.0676. The van der Waals surface area contributed by atoms with Crippen LogP contribution < -0.4 is 4.90 Å². The van der Waals surface area contributed by atoms with Gasteiger partial charge in [0.2, 0.25) is 5.78 Å². The summed E-state index contributed by atoms with van der Waals surface area (Å²) < 4.78 is 0. The Hall–Kier alpha value is -2.17. The average molecular weight is 204 g/mol. The normalized spacial score (nSPS) is 14.3. The molecule has 1 aliphatic rings. The fraction of sp³-hybridized carbons (Fsp3) is 0.100. The van der Waals surface area contributed by atoms with Gasteiger partial charge in [-0.25, -0.2) is 0 Å². The molecule has 1 heterocycles. The Bertz CT molecular complexity index is 493. The van der Waals surface area contributed by atoms with Gasteiger partial charge >= 0.3 is 0 Å². The van der Waals surface area contributed by atoms with E-state index in [0.717, 1.165) is 0 Å². The van der Waals surface area contributed by atoms with E-state index in [1.54, 1.807) is 13.1 Å². The maximum Gasteiger partial charge on any atom is 0.293 e. The van der Waals surface area contributed by atoms with Crippen LogP contribution in [0.15, 0.2) is 30.5 Å². The quantitative estimate of drug-likeness (QED) is 0.397. The molecular formula is C10H8N2O3. The lowest BCUT2D eigenvalue weighted by Gasteiger charge is -2.11. The number of carbonyl (C=O) groups is 1. The van der Waals surface area contributed by atoms with E-state index in [1.807, 2.05) is 0 Å². The molecule has 0 aliphatic carbocycles. The molecule has 0 unspecified atom stereocenters. The van der Waals surface area contributed by atoms with Crippen LogP contribution in [0.2, 0.25) is 0 Å². The van der Waals surface area contributed by atoms with Crippen molar-refractivity contribution >= 4 is 17.2 Å². The smallest absolute Gasteiger partial charge is 0.293 e. The summed E-state index contributed by atoms with van der Waals surface area (Å²) in [7, 11) is 1.60.